The molecule has 11 heteroatoms. The van der Waals surface area contributed by atoms with Crippen molar-refractivity contribution in [1.82, 2.24) is 0 Å². The molecule has 0 aliphatic heterocycles. The number of hydrogen-bond acceptors (Lipinski definition) is 5. The van der Waals surface area contributed by atoms with Crippen molar-refractivity contribution in [1.29, 1.82) is 0 Å². The summed E-state index contributed by atoms with van der Waals surface area (Å²) in [5, 5.41) is 2.61. The molecule has 3 aromatic carbocycles. The molecule has 0 spiro atoms. The van der Waals surface area contributed by atoms with Crippen molar-refractivity contribution in [3.8, 4) is 11.5 Å². The molecule has 2 N–H and O–H groups in total. The molecule has 1 unspecified atom stereocenters. The van der Waals surface area contributed by atoms with Crippen LogP contribution in [0.25, 0.3) is 0 Å². The van der Waals surface area contributed by atoms with Gasteiger partial charge >= 0.3 is 6.18 Å². The van der Waals surface area contributed by atoms with Crippen LogP contribution in [0.15, 0.2) is 77.7 Å². The van der Waals surface area contributed by atoms with Crippen molar-refractivity contribution in [2.45, 2.75) is 24.1 Å². The highest BCUT2D eigenvalue weighted by Crippen LogP contribution is 2.31. The predicted octanol–water partition coefficient (Wildman–Crippen LogP) is 4.92. The highest BCUT2D eigenvalue weighted by atomic mass is 32.2. The fourth-order valence-corrected chi connectivity index (χ4v) is 3.92. The fraction of sp³-hybridized carbons (Fsp3) is 0.174. The molecule has 1 atom stereocenters. The fourth-order valence-electron chi connectivity index (χ4n) is 2.87. The van der Waals surface area contributed by atoms with Crippen molar-refractivity contribution >= 4 is 27.3 Å². The third kappa shape index (κ3) is 6.41. The van der Waals surface area contributed by atoms with Gasteiger partial charge in [-0.05, 0) is 61.5 Å². The van der Waals surface area contributed by atoms with Gasteiger partial charge in [0.25, 0.3) is 15.9 Å². The Labute approximate surface area is 194 Å². The average molecular weight is 494 g/mol. The Kier molecular flexibility index (Phi) is 7.35. The SMILES string of the molecule is COc1cccc(OC(C)C(=O)Nc2ccc(S(=O)(=O)Nc3cccc(C(F)(F)F)c3)cc2)c1. The maximum absolute atomic E-state index is 12.9. The molecule has 0 saturated carbocycles. The minimum Gasteiger partial charge on any atom is -0.497 e. The number of amides is 1. The Balaban J connectivity index is 1.65. The van der Waals surface area contributed by atoms with Gasteiger partial charge in [0.1, 0.15) is 11.5 Å². The van der Waals surface area contributed by atoms with Crippen LogP contribution in [0.5, 0.6) is 11.5 Å². The van der Waals surface area contributed by atoms with E-state index in [4.69, 9.17) is 9.47 Å². The number of halogens is 3. The van der Waals surface area contributed by atoms with Crippen LogP contribution >= 0.6 is 0 Å². The normalized spacial score (nSPS) is 12.5. The number of alkyl halides is 3. The predicted molar refractivity (Wildman–Crippen MR) is 120 cm³/mol. The van der Waals surface area contributed by atoms with Crippen molar-refractivity contribution in [3.05, 3.63) is 78.4 Å². The van der Waals surface area contributed by atoms with E-state index in [0.717, 1.165) is 12.1 Å². The first-order chi connectivity index (χ1) is 16.0. The van der Waals surface area contributed by atoms with E-state index in [1.807, 2.05) is 0 Å². The van der Waals surface area contributed by atoms with Gasteiger partial charge in [0, 0.05) is 17.4 Å². The van der Waals surface area contributed by atoms with Gasteiger partial charge in [-0.2, -0.15) is 13.2 Å². The Bertz CT molecular complexity index is 1260. The van der Waals surface area contributed by atoms with Gasteiger partial charge in [0.15, 0.2) is 6.10 Å². The van der Waals surface area contributed by atoms with E-state index in [1.54, 1.807) is 31.2 Å². The molecule has 3 rings (SSSR count). The quantitative estimate of drug-likeness (QED) is 0.464. The van der Waals surface area contributed by atoms with Crippen LogP contribution in [0.4, 0.5) is 24.5 Å². The first-order valence-electron chi connectivity index (χ1n) is 9.89. The molecule has 0 bridgehead atoms. The number of carbonyl (C=O) groups excluding carboxylic acids is 1. The number of carbonyl (C=O) groups is 1. The van der Waals surface area contributed by atoms with E-state index in [-0.39, 0.29) is 10.6 Å². The van der Waals surface area contributed by atoms with Crippen molar-refractivity contribution < 1.29 is 35.9 Å². The van der Waals surface area contributed by atoms with E-state index in [1.165, 1.54) is 37.4 Å². The minimum atomic E-state index is -4.60. The van der Waals surface area contributed by atoms with E-state index >= 15 is 0 Å². The van der Waals surface area contributed by atoms with Crippen molar-refractivity contribution in [2.24, 2.45) is 0 Å². The Morgan fingerprint density at radius 3 is 2.21 bits per heavy atom. The molecule has 0 radical (unpaired) electrons. The summed E-state index contributed by atoms with van der Waals surface area (Å²) in [5.74, 6) is 0.533. The molecular formula is C23H21F3N2O5S. The molecule has 0 aromatic heterocycles. The molecule has 1 amide bonds. The van der Waals surface area contributed by atoms with Gasteiger partial charge in [0.2, 0.25) is 0 Å². The van der Waals surface area contributed by atoms with Crippen LogP contribution in [-0.4, -0.2) is 27.5 Å². The second-order valence-electron chi connectivity index (χ2n) is 7.14. The maximum Gasteiger partial charge on any atom is 0.416 e. The number of hydrogen-bond donors (Lipinski definition) is 2. The van der Waals surface area contributed by atoms with Crippen LogP contribution in [0.1, 0.15) is 12.5 Å². The van der Waals surface area contributed by atoms with E-state index in [0.29, 0.717) is 23.3 Å². The second kappa shape index (κ2) is 10.0. The highest BCUT2D eigenvalue weighted by molar-refractivity contribution is 7.92. The molecule has 7 nitrogen and oxygen atoms in total. The third-order valence-electron chi connectivity index (χ3n) is 4.60. The molecule has 34 heavy (non-hydrogen) atoms. The summed E-state index contributed by atoms with van der Waals surface area (Å²) in [5.41, 5.74) is -0.893. The summed E-state index contributed by atoms with van der Waals surface area (Å²) in [6.07, 6.45) is -5.47. The maximum atomic E-state index is 12.9. The largest absolute Gasteiger partial charge is 0.497 e. The van der Waals surface area contributed by atoms with Gasteiger partial charge in [-0.1, -0.05) is 12.1 Å². The number of anilines is 2. The molecule has 180 valence electrons. The van der Waals surface area contributed by atoms with Crippen LogP contribution in [0, 0.1) is 0 Å². The topological polar surface area (TPSA) is 93.7 Å². The number of benzene rings is 3. The van der Waals surface area contributed by atoms with E-state index in [9.17, 15) is 26.4 Å². The van der Waals surface area contributed by atoms with E-state index in [2.05, 4.69) is 10.0 Å². The minimum absolute atomic E-state index is 0.191. The molecule has 0 saturated heterocycles. The summed E-state index contributed by atoms with van der Waals surface area (Å²) < 4.78 is 76.5. The van der Waals surface area contributed by atoms with Crippen LogP contribution in [0.2, 0.25) is 0 Å². The number of methoxy groups -OCH3 is 1. The number of nitrogens with one attached hydrogen (secondary N) is 2. The lowest BCUT2D eigenvalue weighted by Gasteiger charge is -2.15. The molecule has 0 fully saturated rings. The highest BCUT2D eigenvalue weighted by Gasteiger charge is 2.30. The van der Waals surface area contributed by atoms with Crippen LogP contribution < -0.4 is 19.5 Å². The number of rotatable bonds is 8. The lowest BCUT2D eigenvalue weighted by molar-refractivity contribution is -0.137. The zero-order chi connectivity index (χ0) is 24.9. The first kappa shape index (κ1) is 24.9. The summed E-state index contributed by atoms with van der Waals surface area (Å²) >= 11 is 0. The lowest BCUT2D eigenvalue weighted by atomic mass is 10.2. The van der Waals surface area contributed by atoms with Crippen LogP contribution in [0.3, 0.4) is 0 Å². The lowest BCUT2D eigenvalue weighted by Crippen LogP contribution is -2.30. The van der Waals surface area contributed by atoms with E-state index < -0.39 is 33.8 Å². The van der Waals surface area contributed by atoms with Gasteiger partial charge < -0.3 is 14.8 Å². The van der Waals surface area contributed by atoms with Crippen LogP contribution in [-0.2, 0) is 21.0 Å². The molecule has 0 aliphatic rings. The Morgan fingerprint density at radius 2 is 1.56 bits per heavy atom. The summed E-state index contributed by atoms with van der Waals surface area (Å²) in [4.78, 5) is 12.2. The smallest absolute Gasteiger partial charge is 0.416 e. The first-order valence-corrected chi connectivity index (χ1v) is 11.4. The number of sulfonamides is 1. The third-order valence-corrected chi connectivity index (χ3v) is 5.99. The standard InChI is InChI=1S/C23H21F3N2O5S/c1-15(33-20-8-4-7-19(14-20)32-2)22(29)27-17-9-11-21(12-10-17)34(30,31)28-18-6-3-5-16(13-18)23(24,25)26/h3-15,28H,1-2H3,(H,27,29). The molecular weight excluding hydrogens is 473 g/mol. The monoisotopic (exact) mass is 494 g/mol. The summed E-state index contributed by atoms with van der Waals surface area (Å²) in [7, 11) is -2.64. The zero-order valence-corrected chi connectivity index (χ0v) is 18.9. The molecule has 0 heterocycles. The molecule has 0 aliphatic carbocycles. The van der Waals surface area contributed by atoms with Gasteiger partial charge in [-0.3, -0.25) is 9.52 Å². The Hall–Kier alpha value is -3.73. The van der Waals surface area contributed by atoms with Gasteiger partial charge in [-0.15, -0.1) is 0 Å². The second-order valence-corrected chi connectivity index (χ2v) is 8.82. The molecule has 3 aromatic rings. The summed E-state index contributed by atoms with van der Waals surface area (Å²) in [6, 6.07) is 15.8. The summed E-state index contributed by atoms with van der Waals surface area (Å²) in [6.45, 7) is 1.55. The Morgan fingerprint density at radius 1 is 0.912 bits per heavy atom. The van der Waals surface area contributed by atoms with Crippen molar-refractivity contribution in [3.63, 3.8) is 0 Å². The number of ether oxygens (including phenoxy) is 2. The van der Waals surface area contributed by atoms with Gasteiger partial charge in [0.05, 0.1) is 17.6 Å². The van der Waals surface area contributed by atoms with Gasteiger partial charge in [-0.25, -0.2) is 8.42 Å². The van der Waals surface area contributed by atoms with Crippen molar-refractivity contribution in [2.75, 3.05) is 17.1 Å². The zero-order valence-electron chi connectivity index (χ0n) is 18.1. The average Bonchev–Trinajstić information content (AvgIpc) is 2.79.